The van der Waals surface area contributed by atoms with Crippen LogP contribution in [0.4, 0.5) is 5.69 Å². The first kappa shape index (κ1) is 19.5. The second kappa shape index (κ2) is 9.08. The second-order valence-electron chi connectivity index (χ2n) is 6.50. The predicted molar refractivity (Wildman–Crippen MR) is 106 cm³/mol. The first-order valence-electron chi connectivity index (χ1n) is 9.06. The van der Waals surface area contributed by atoms with Gasteiger partial charge < -0.3 is 19.1 Å². The third-order valence-corrected chi connectivity index (χ3v) is 4.48. The van der Waals surface area contributed by atoms with E-state index >= 15 is 0 Å². The third-order valence-electron chi connectivity index (χ3n) is 4.48. The number of ether oxygens (including phenoxy) is 3. The van der Waals surface area contributed by atoms with Gasteiger partial charge in [-0.3, -0.25) is 4.79 Å². The molecule has 2 aromatic rings. The number of amides is 1. The normalized spacial score (nSPS) is 16.0. The molecule has 1 atom stereocenters. The first-order valence-corrected chi connectivity index (χ1v) is 9.06. The summed E-state index contributed by atoms with van der Waals surface area (Å²) in [6.07, 6.45) is 2.13. The van der Waals surface area contributed by atoms with Crippen LogP contribution >= 0.6 is 0 Å². The van der Waals surface area contributed by atoms with Crippen LogP contribution in [0.2, 0.25) is 0 Å². The quantitative estimate of drug-likeness (QED) is 0.517. The topological polar surface area (TPSA) is 65.1 Å². The smallest absolute Gasteiger partial charge is 0.337 e. The van der Waals surface area contributed by atoms with Crippen molar-refractivity contribution in [3.63, 3.8) is 0 Å². The Hall–Kier alpha value is -3.28. The Bertz CT molecular complexity index is 829. The lowest BCUT2D eigenvalue weighted by molar-refractivity contribution is -0.117. The molecule has 1 unspecified atom stereocenters. The van der Waals surface area contributed by atoms with Crippen molar-refractivity contribution >= 4 is 17.6 Å². The molecule has 2 aromatic carbocycles. The summed E-state index contributed by atoms with van der Waals surface area (Å²) in [7, 11) is 1.34. The maximum absolute atomic E-state index is 12.4. The van der Waals surface area contributed by atoms with Gasteiger partial charge in [-0.25, -0.2) is 4.79 Å². The highest BCUT2D eigenvalue weighted by Gasteiger charge is 2.31. The Labute approximate surface area is 164 Å². The fraction of sp³-hybridized carbons (Fsp3) is 0.273. The molecule has 146 valence electrons. The predicted octanol–water partition coefficient (Wildman–Crippen LogP) is 3.47. The molecular formula is C22H23NO5. The van der Waals surface area contributed by atoms with Crippen molar-refractivity contribution in [2.24, 2.45) is 5.92 Å². The molecule has 6 nitrogen and oxygen atoms in total. The van der Waals surface area contributed by atoms with Gasteiger partial charge in [0.1, 0.15) is 18.1 Å². The summed E-state index contributed by atoms with van der Waals surface area (Å²) in [4.78, 5) is 25.6. The zero-order valence-corrected chi connectivity index (χ0v) is 15.8. The molecule has 0 aliphatic carbocycles. The molecule has 1 aliphatic rings. The minimum atomic E-state index is -0.385. The van der Waals surface area contributed by atoms with Crippen LogP contribution in [-0.2, 0) is 9.53 Å². The zero-order chi connectivity index (χ0) is 19.9. The fourth-order valence-electron chi connectivity index (χ4n) is 3.04. The molecule has 0 radical (unpaired) electrons. The highest BCUT2D eigenvalue weighted by molar-refractivity contribution is 5.95. The van der Waals surface area contributed by atoms with Crippen molar-refractivity contribution in [2.45, 2.75) is 6.42 Å². The first-order chi connectivity index (χ1) is 13.6. The summed E-state index contributed by atoms with van der Waals surface area (Å²) >= 11 is 0. The Balaban J connectivity index is 1.54. The van der Waals surface area contributed by atoms with Gasteiger partial charge in [0.2, 0.25) is 5.91 Å². The molecular weight excluding hydrogens is 358 g/mol. The number of carbonyl (C=O) groups excluding carboxylic acids is 2. The summed E-state index contributed by atoms with van der Waals surface area (Å²) in [6.45, 7) is 5.10. The average Bonchev–Trinajstić information content (AvgIpc) is 3.11. The number of hydrogen-bond donors (Lipinski definition) is 0. The number of hydrogen-bond acceptors (Lipinski definition) is 5. The lowest BCUT2D eigenvalue weighted by atomic mass is 10.1. The minimum absolute atomic E-state index is 0.0781. The number of esters is 1. The zero-order valence-electron chi connectivity index (χ0n) is 15.8. The minimum Gasteiger partial charge on any atom is -0.493 e. The van der Waals surface area contributed by atoms with Crippen molar-refractivity contribution in [3.8, 4) is 11.5 Å². The second-order valence-corrected chi connectivity index (χ2v) is 6.50. The van der Waals surface area contributed by atoms with Crippen LogP contribution in [-0.4, -0.2) is 38.7 Å². The lowest BCUT2D eigenvalue weighted by Gasteiger charge is -2.17. The van der Waals surface area contributed by atoms with Crippen molar-refractivity contribution < 1.29 is 23.8 Å². The van der Waals surface area contributed by atoms with Crippen LogP contribution in [0.3, 0.4) is 0 Å². The molecule has 0 bridgehead atoms. The maximum atomic E-state index is 12.4. The Morgan fingerprint density at radius 2 is 1.75 bits per heavy atom. The standard InChI is InChI=1S/C22H23NO5/c1-3-12-27-19-10-6-18(7-11-19)23-14-16(13-21(23)24)15-28-20-8-4-17(5-9-20)22(25)26-2/h3-11,16H,1,12-15H2,2H3. The van der Waals surface area contributed by atoms with Gasteiger partial charge in [0, 0.05) is 24.6 Å². The largest absolute Gasteiger partial charge is 0.493 e. The van der Waals surface area contributed by atoms with Crippen LogP contribution in [0, 0.1) is 5.92 Å². The van der Waals surface area contributed by atoms with Gasteiger partial charge in [-0.1, -0.05) is 12.7 Å². The molecule has 1 fully saturated rings. The number of carbonyl (C=O) groups is 2. The fourth-order valence-corrected chi connectivity index (χ4v) is 3.04. The molecule has 0 saturated carbocycles. The van der Waals surface area contributed by atoms with E-state index in [0.717, 1.165) is 11.4 Å². The summed E-state index contributed by atoms with van der Waals surface area (Å²) in [5, 5.41) is 0. The molecule has 28 heavy (non-hydrogen) atoms. The number of benzene rings is 2. The van der Waals surface area contributed by atoms with E-state index in [0.29, 0.717) is 37.5 Å². The molecule has 6 heteroatoms. The summed E-state index contributed by atoms with van der Waals surface area (Å²) < 4.78 is 15.9. The Morgan fingerprint density at radius 3 is 2.39 bits per heavy atom. The average molecular weight is 381 g/mol. The highest BCUT2D eigenvalue weighted by atomic mass is 16.5. The molecule has 0 aromatic heterocycles. The van der Waals surface area contributed by atoms with Crippen LogP contribution < -0.4 is 14.4 Å². The van der Waals surface area contributed by atoms with E-state index in [1.54, 1.807) is 35.2 Å². The molecule has 1 aliphatic heterocycles. The summed E-state index contributed by atoms with van der Waals surface area (Å²) in [5.41, 5.74) is 1.32. The van der Waals surface area contributed by atoms with Gasteiger partial charge in [-0.05, 0) is 48.5 Å². The summed E-state index contributed by atoms with van der Waals surface area (Å²) in [6, 6.07) is 14.2. The van der Waals surface area contributed by atoms with Gasteiger partial charge in [-0.15, -0.1) is 0 Å². The van der Waals surface area contributed by atoms with E-state index in [-0.39, 0.29) is 17.8 Å². The molecule has 0 N–H and O–H groups in total. The number of anilines is 1. The van der Waals surface area contributed by atoms with E-state index in [4.69, 9.17) is 9.47 Å². The highest BCUT2D eigenvalue weighted by Crippen LogP contribution is 2.27. The number of nitrogens with zero attached hydrogens (tertiary/aromatic N) is 1. The van der Waals surface area contributed by atoms with E-state index < -0.39 is 0 Å². The molecule has 1 amide bonds. The van der Waals surface area contributed by atoms with Crippen LogP contribution in [0.15, 0.2) is 61.2 Å². The Morgan fingerprint density at radius 1 is 1.11 bits per heavy atom. The van der Waals surface area contributed by atoms with Gasteiger partial charge in [0.15, 0.2) is 0 Å². The molecule has 3 rings (SSSR count). The van der Waals surface area contributed by atoms with Gasteiger partial charge in [0.25, 0.3) is 0 Å². The third kappa shape index (κ3) is 4.71. The van der Waals surface area contributed by atoms with Gasteiger partial charge in [0.05, 0.1) is 19.3 Å². The lowest BCUT2D eigenvalue weighted by Crippen LogP contribution is -2.25. The van der Waals surface area contributed by atoms with Gasteiger partial charge >= 0.3 is 5.97 Å². The number of methoxy groups -OCH3 is 1. The van der Waals surface area contributed by atoms with Crippen molar-refractivity contribution in [3.05, 3.63) is 66.7 Å². The van der Waals surface area contributed by atoms with Crippen molar-refractivity contribution in [2.75, 3.05) is 31.8 Å². The number of rotatable bonds is 8. The van der Waals surface area contributed by atoms with Crippen LogP contribution in [0.5, 0.6) is 11.5 Å². The van der Waals surface area contributed by atoms with Crippen molar-refractivity contribution in [1.29, 1.82) is 0 Å². The SMILES string of the molecule is C=CCOc1ccc(N2CC(COc3ccc(C(=O)OC)cc3)CC2=O)cc1. The Kier molecular flexibility index (Phi) is 6.32. The van der Waals surface area contributed by atoms with Crippen LogP contribution in [0.1, 0.15) is 16.8 Å². The van der Waals surface area contributed by atoms with E-state index in [1.165, 1.54) is 7.11 Å². The molecule has 1 saturated heterocycles. The van der Waals surface area contributed by atoms with E-state index in [9.17, 15) is 9.59 Å². The summed E-state index contributed by atoms with van der Waals surface area (Å²) in [5.74, 6) is 1.19. The van der Waals surface area contributed by atoms with Crippen LogP contribution in [0.25, 0.3) is 0 Å². The van der Waals surface area contributed by atoms with Crippen molar-refractivity contribution in [1.82, 2.24) is 0 Å². The van der Waals surface area contributed by atoms with E-state index in [1.807, 2.05) is 24.3 Å². The monoisotopic (exact) mass is 381 g/mol. The maximum Gasteiger partial charge on any atom is 0.337 e. The van der Waals surface area contributed by atoms with E-state index in [2.05, 4.69) is 11.3 Å². The molecule has 0 spiro atoms. The van der Waals surface area contributed by atoms with Gasteiger partial charge in [-0.2, -0.15) is 0 Å². The molecule has 1 heterocycles.